The molecule has 1 aliphatic carbocycles. The van der Waals surface area contributed by atoms with Crippen LogP contribution in [-0.2, 0) is 33.2 Å². The standard InChI is InChI=1S/C32H29N3O3S/c1-24(27-14-10-25(11-15-27)21-31(36)32(18-19-32)28-7-3-2-4-8-28)35(23-29-9-5-6-20-34-29)39(37,38)30-16-12-26(22-33)13-17-30/h2-17,20,24H,18-19,21,23H2,1H3/t24-/m0/s1. The van der Waals surface area contributed by atoms with Gasteiger partial charge in [0.1, 0.15) is 5.78 Å². The van der Waals surface area contributed by atoms with Crippen molar-refractivity contribution in [2.24, 2.45) is 0 Å². The third kappa shape index (κ3) is 5.53. The number of ketones is 1. The molecule has 7 heteroatoms. The summed E-state index contributed by atoms with van der Waals surface area (Å²) < 4.78 is 29.0. The molecule has 0 spiro atoms. The van der Waals surface area contributed by atoms with Gasteiger partial charge in [0.25, 0.3) is 0 Å². The average molecular weight is 536 g/mol. The lowest BCUT2D eigenvalue weighted by Crippen LogP contribution is -2.33. The van der Waals surface area contributed by atoms with Crippen molar-refractivity contribution < 1.29 is 13.2 Å². The summed E-state index contributed by atoms with van der Waals surface area (Å²) in [4.78, 5) is 17.7. The molecule has 0 radical (unpaired) electrons. The Morgan fingerprint density at radius 3 is 2.21 bits per heavy atom. The zero-order chi connectivity index (χ0) is 27.5. The van der Waals surface area contributed by atoms with Gasteiger partial charge in [0, 0.05) is 18.7 Å². The number of carbonyl (C=O) groups is 1. The highest BCUT2D eigenvalue weighted by Crippen LogP contribution is 2.49. The van der Waals surface area contributed by atoms with Crippen LogP contribution in [0, 0.1) is 11.3 Å². The smallest absolute Gasteiger partial charge is 0.243 e. The van der Waals surface area contributed by atoms with E-state index in [9.17, 15) is 13.2 Å². The number of rotatable bonds is 10. The van der Waals surface area contributed by atoms with E-state index in [4.69, 9.17) is 5.26 Å². The second kappa shape index (κ2) is 10.9. The molecular weight excluding hydrogens is 506 g/mol. The molecule has 1 heterocycles. The largest absolute Gasteiger partial charge is 0.298 e. The van der Waals surface area contributed by atoms with E-state index >= 15 is 0 Å². The van der Waals surface area contributed by atoms with Crippen LogP contribution in [0.15, 0.2) is 108 Å². The highest BCUT2D eigenvalue weighted by atomic mass is 32.2. The van der Waals surface area contributed by atoms with Gasteiger partial charge in [-0.15, -0.1) is 0 Å². The number of hydrogen-bond donors (Lipinski definition) is 0. The molecule has 5 rings (SSSR count). The van der Waals surface area contributed by atoms with Crippen molar-refractivity contribution in [3.63, 3.8) is 0 Å². The lowest BCUT2D eigenvalue weighted by Gasteiger charge is -2.29. The minimum atomic E-state index is -3.91. The van der Waals surface area contributed by atoms with Crippen molar-refractivity contribution in [3.05, 3.63) is 131 Å². The molecule has 3 aromatic carbocycles. The van der Waals surface area contributed by atoms with Gasteiger partial charge in [-0.05, 0) is 72.9 Å². The van der Waals surface area contributed by atoms with Gasteiger partial charge in [-0.3, -0.25) is 9.78 Å². The molecule has 39 heavy (non-hydrogen) atoms. The number of hydrogen-bond acceptors (Lipinski definition) is 5. The second-order valence-corrected chi connectivity index (χ2v) is 11.9. The molecule has 0 amide bonds. The lowest BCUT2D eigenvalue weighted by molar-refractivity contribution is -0.120. The maximum Gasteiger partial charge on any atom is 0.243 e. The molecule has 1 atom stereocenters. The summed E-state index contributed by atoms with van der Waals surface area (Å²) in [5, 5.41) is 9.12. The van der Waals surface area contributed by atoms with Crippen LogP contribution in [0.1, 0.15) is 53.8 Å². The molecule has 0 bridgehead atoms. The van der Waals surface area contributed by atoms with E-state index in [0.29, 0.717) is 17.7 Å². The zero-order valence-electron chi connectivity index (χ0n) is 21.7. The molecule has 1 saturated carbocycles. The van der Waals surface area contributed by atoms with Gasteiger partial charge in [-0.25, -0.2) is 8.42 Å². The van der Waals surface area contributed by atoms with Crippen LogP contribution in [0.25, 0.3) is 0 Å². The number of Topliss-reactive ketones (excluding diaryl/α,β-unsaturated/α-hetero) is 1. The first-order valence-electron chi connectivity index (χ1n) is 12.9. The summed E-state index contributed by atoms with van der Waals surface area (Å²) in [7, 11) is -3.91. The van der Waals surface area contributed by atoms with Crippen LogP contribution in [0.2, 0.25) is 0 Å². The van der Waals surface area contributed by atoms with E-state index in [0.717, 1.165) is 29.5 Å². The molecule has 0 saturated heterocycles. The van der Waals surface area contributed by atoms with Gasteiger partial charge in [-0.2, -0.15) is 9.57 Å². The SMILES string of the molecule is C[C@@H](c1ccc(CC(=O)C2(c3ccccc3)CC2)cc1)N(Cc1ccccn1)S(=O)(=O)c1ccc(C#N)cc1. The number of nitrogens with zero attached hydrogens (tertiary/aromatic N) is 3. The highest BCUT2D eigenvalue weighted by molar-refractivity contribution is 7.89. The maximum absolute atomic E-state index is 13.8. The predicted molar refractivity (Wildman–Crippen MR) is 149 cm³/mol. The van der Waals surface area contributed by atoms with E-state index in [1.807, 2.05) is 73.7 Å². The van der Waals surface area contributed by atoms with Gasteiger partial charge in [0.15, 0.2) is 0 Å². The predicted octanol–water partition coefficient (Wildman–Crippen LogP) is 5.75. The summed E-state index contributed by atoms with van der Waals surface area (Å²) in [6.07, 6.45) is 3.73. The normalized spacial score (nSPS) is 14.9. The number of pyridine rings is 1. The summed E-state index contributed by atoms with van der Waals surface area (Å²) in [5.41, 5.74) is 3.44. The topological polar surface area (TPSA) is 91.1 Å². The van der Waals surface area contributed by atoms with Crippen molar-refractivity contribution in [3.8, 4) is 6.07 Å². The van der Waals surface area contributed by atoms with Crippen molar-refractivity contribution in [1.29, 1.82) is 5.26 Å². The molecule has 1 aromatic heterocycles. The Kier molecular flexibility index (Phi) is 7.42. The quantitative estimate of drug-likeness (QED) is 0.258. The first kappa shape index (κ1) is 26.5. The van der Waals surface area contributed by atoms with E-state index in [2.05, 4.69) is 4.98 Å². The Bertz CT molecular complexity index is 1590. The average Bonchev–Trinajstić information content (AvgIpc) is 3.79. The van der Waals surface area contributed by atoms with E-state index < -0.39 is 16.1 Å². The van der Waals surface area contributed by atoms with Crippen molar-refractivity contribution >= 4 is 15.8 Å². The molecule has 0 N–H and O–H groups in total. The number of nitriles is 1. The Labute approximate surface area is 229 Å². The van der Waals surface area contributed by atoms with E-state index in [1.54, 1.807) is 18.3 Å². The third-order valence-electron chi connectivity index (χ3n) is 7.50. The first-order chi connectivity index (χ1) is 18.8. The minimum absolute atomic E-state index is 0.0875. The first-order valence-corrected chi connectivity index (χ1v) is 14.4. The highest BCUT2D eigenvalue weighted by Gasteiger charge is 2.50. The number of benzene rings is 3. The fraction of sp³-hybridized carbons (Fsp3) is 0.219. The molecule has 1 aliphatic rings. The molecule has 1 fully saturated rings. The van der Waals surface area contributed by atoms with Gasteiger partial charge < -0.3 is 0 Å². The molecule has 0 aliphatic heterocycles. The van der Waals surface area contributed by atoms with Crippen LogP contribution < -0.4 is 0 Å². The van der Waals surface area contributed by atoms with Crippen LogP contribution in [0.4, 0.5) is 0 Å². The number of aromatic nitrogens is 1. The summed E-state index contributed by atoms with van der Waals surface area (Å²) in [6.45, 7) is 1.93. The number of carbonyl (C=O) groups excluding carboxylic acids is 1. The number of sulfonamides is 1. The molecule has 4 aromatic rings. The Hall–Kier alpha value is -4.12. The van der Waals surface area contributed by atoms with Crippen LogP contribution in [0.3, 0.4) is 0 Å². The molecule has 196 valence electrons. The van der Waals surface area contributed by atoms with Crippen molar-refractivity contribution in [1.82, 2.24) is 9.29 Å². The van der Waals surface area contributed by atoms with Gasteiger partial charge in [0.2, 0.25) is 10.0 Å². The molecule has 0 unspecified atom stereocenters. The Morgan fingerprint density at radius 2 is 1.62 bits per heavy atom. The van der Waals surface area contributed by atoms with E-state index in [-0.39, 0.29) is 22.6 Å². The minimum Gasteiger partial charge on any atom is -0.298 e. The van der Waals surface area contributed by atoms with Crippen LogP contribution in [0.5, 0.6) is 0 Å². The maximum atomic E-state index is 13.8. The monoisotopic (exact) mass is 535 g/mol. The van der Waals surface area contributed by atoms with Crippen LogP contribution >= 0.6 is 0 Å². The third-order valence-corrected chi connectivity index (χ3v) is 9.43. The van der Waals surface area contributed by atoms with E-state index in [1.165, 1.54) is 28.6 Å². The van der Waals surface area contributed by atoms with Gasteiger partial charge >= 0.3 is 0 Å². The van der Waals surface area contributed by atoms with Crippen molar-refractivity contribution in [2.75, 3.05) is 0 Å². The fourth-order valence-corrected chi connectivity index (χ4v) is 6.55. The summed E-state index contributed by atoms with van der Waals surface area (Å²) >= 11 is 0. The van der Waals surface area contributed by atoms with Gasteiger partial charge in [0.05, 0.1) is 34.2 Å². The van der Waals surface area contributed by atoms with Gasteiger partial charge in [-0.1, -0.05) is 60.7 Å². The second-order valence-electron chi connectivity index (χ2n) is 9.97. The fourth-order valence-electron chi connectivity index (χ4n) is 4.96. The summed E-state index contributed by atoms with van der Waals surface area (Å²) in [5.74, 6) is 0.217. The Morgan fingerprint density at radius 1 is 0.949 bits per heavy atom. The zero-order valence-corrected chi connectivity index (χ0v) is 22.5. The summed E-state index contributed by atoms with van der Waals surface area (Å²) in [6, 6.07) is 30.4. The van der Waals surface area contributed by atoms with Crippen LogP contribution in [-0.4, -0.2) is 23.5 Å². The molecule has 6 nitrogen and oxygen atoms in total. The van der Waals surface area contributed by atoms with Crippen molar-refractivity contribution in [2.45, 2.75) is 49.1 Å². The lowest BCUT2D eigenvalue weighted by atomic mass is 9.88. The molecular formula is C32H29N3O3S. The Balaban J connectivity index is 1.39.